The number of aromatic nitrogens is 2. The number of nitrogens with one attached hydrogen (secondary N) is 1. The Hall–Kier alpha value is -1.69. The molecule has 104 valence electrons. The summed E-state index contributed by atoms with van der Waals surface area (Å²) < 4.78 is 0. The van der Waals surface area contributed by atoms with E-state index in [2.05, 4.69) is 34.3 Å². The molecule has 0 aromatic carbocycles. The summed E-state index contributed by atoms with van der Waals surface area (Å²) in [5.41, 5.74) is 0.144. The van der Waals surface area contributed by atoms with Gasteiger partial charge in [-0.3, -0.25) is 0 Å². The van der Waals surface area contributed by atoms with Gasteiger partial charge in [0.2, 0.25) is 5.95 Å². The Morgan fingerprint density at radius 3 is 2.74 bits per heavy atom. The van der Waals surface area contributed by atoms with Crippen molar-refractivity contribution in [2.75, 3.05) is 26.0 Å². The minimum atomic E-state index is -1.03. The maximum atomic E-state index is 10.9. The molecule has 0 saturated heterocycles. The predicted octanol–water partition coefficient (Wildman–Crippen LogP) is 1.46. The van der Waals surface area contributed by atoms with Crippen LogP contribution in [0.15, 0.2) is 12.3 Å². The van der Waals surface area contributed by atoms with Gasteiger partial charge in [-0.25, -0.2) is 14.8 Å². The minimum absolute atomic E-state index is 0.0165. The fourth-order valence-electron chi connectivity index (χ4n) is 2.62. The van der Waals surface area contributed by atoms with Crippen LogP contribution in [0.5, 0.6) is 0 Å². The molecule has 1 aliphatic carbocycles. The second-order valence-corrected chi connectivity index (χ2v) is 5.25. The summed E-state index contributed by atoms with van der Waals surface area (Å²) in [6, 6.07) is 1.39. The molecule has 0 radical (unpaired) electrons. The number of carbonyl (C=O) groups is 1. The molecule has 2 N–H and O–H groups in total. The van der Waals surface area contributed by atoms with Gasteiger partial charge >= 0.3 is 5.97 Å². The average molecular weight is 264 g/mol. The zero-order chi connectivity index (χ0) is 13.9. The van der Waals surface area contributed by atoms with Gasteiger partial charge in [-0.2, -0.15) is 0 Å². The van der Waals surface area contributed by atoms with Crippen molar-refractivity contribution in [2.45, 2.75) is 31.2 Å². The highest BCUT2D eigenvalue weighted by Crippen LogP contribution is 2.33. The van der Waals surface area contributed by atoms with Crippen molar-refractivity contribution in [3.8, 4) is 0 Å². The second-order valence-electron chi connectivity index (χ2n) is 5.25. The molecule has 2 rings (SSSR count). The molecule has 1 heterocycles. The Kier molecular flexibility index (Phi) is 3.99. The minimum Gasteiger partial charge on any atom is -0.477 e. The number of rotatable bonds is 5. The topological polar surface area (TPSA) is 78.4 Å². The van der Waals surface area contributed by atoms with E-state index in [4.69, 9.17) is 5.11 Å². The van der Waals surface area contributed by atoms with Crippen LogP contribution in [-0.2, 0) is 0 Å². The zero-order valence-corrected chi connectivity index (χ0v) is 11.4. The molecule has 1 aromatic rings. The molecule has 1 fully saturated rings. The van der Waals surface area contributed by atoms with Crippen LogP contribution in [0.3, 0.4) is 0 Å². The fourth-order valence-corrected chi connectivity index (χ4v) is 2.62. The Bertz CT molecular complexity index is 456. The van der Waals surface area contributed by atoms with E-state index in [1.54, 1.807) is 0 Å². The van der Waals surface area contributed by atoms with E-state index in [-0.39, 0.29) is 11.2 Å². The lowest BCUT2D eigenvalue weighted by Gasteiger charge is -2.36. The Morgan fingerprint density at radius 1 is 1.47 bits per heavy atom. The Balaban J connectivity index is 2.05. The molecule has 0 amide bonds. The van der Waals surface area contributed by atoms with Gasteiger partial charge in [0.05, 0.1) is 0 Å². The van der Waals surface area contributed by atoms with Crippen LogP contribution < -0.4 is 5.32 Å². The van der Waals surface area contributed by atoms with Crippen molar-refractivity contribution in [3.63, 3.8) is 0 Å². The molecule has 19 heavy (non-hydrogen) atoms. The highest BCUT2D eigenvalue weighted by molar-refractivity contribution is 5.85. The lowest BCUT2D eigenvalue weighted by Crippen LogP contribution is -2.47. The number of aromatic carboxylic acids is 1. The smallest absolute Gasteiger partial charge is 0.354 e. The van der Waals surface area contributed by atoms with Crippen LogP contribution in [0.2, 0.25) is 0 Å². The lowest BCUT2D eigenvalue weighted by molar-refractivity contribution is 0.0690. The highest BCUT2D eigenvalue weighted by Gasteiger charge is 2.35. The van der Waals surface area contributed by atoms with Crippen molar-refractivity contribution in [3.05, 3.63) is 18.0 Å². The van der Waals surface area contributed by atoms with Crippen molar-refractivity contribution >= 4 is 11.9 Å². The molecule has 0 aliphatic heterocycles. The van der Waals surface area contributed by atoms with Gasteiger partial charge in [0.15, 0.2) is 5.69 Å². The van der Waals surface area contributed by atoms with Gasteiger partial charge in [0, 0.05) is 18.3 Å². The van der Waals surface area contributed by atoms with Gasteiger partial charge in [-0.15, -0.1) is 0 Å². The highest BCUT2D eigenvalue weighted by atomic mass is 16.4. The maximum absolute atomic E-state index is 10.9. The van der Waals surface area contributed by atoms with Gasteiger partial charge in [-0.05, 0) is 33.0 Å². The van der Waals surface area contributed by atoms with Gasteiger partial charge in [-0.1, -0.05) is 12.8 Å². The van der Waals surface area contributed by atoms with E-state index in [9.17, 15) is 4.79 Å². The normalized spacial score (nSPS) is 17.6. The number of carboxylic acid groups (broad SMARTS) is 1. The first kappa shape index (κ1) is 13.7. The molecular formula is C13H20N4O2. The zero-order valence-electron chi connectivity index (χ0n) is 11.4. The van der Waals surface area contributed by atoms with E-state index in [1.807, 2.05) is 0 Å². The lowest BCUT2D eigenvalue weighted by atomic mass is 9.96. The number of likely N-dealkylation sites (N-methyl/N-ethyl adjacent to an activating group) is 1. The number of anilines is 1. The monoisotopic (exact) mass is 264 g/mol. The molecule has 0 atom stereocenters. The number of nitrogens with zero attached hydrogens (tertiary/aromatic N) is 3. The van der Waals surface area contributed by atoms with Crippen molar-refractivity contribution in [1.82, 2.24) is 14.9 Å². The van der Waals surface area contributed by atoms with Crippen molar-refractivity contribution in [1.29, 1.82) is 0 Å². The van der Waals surface area contributed by atoms with E-state index in [1.165, 1.54) is 25.1 Å². The molecule has 1 aromatic heterocycles. The van der Waals surface area contributed by atoms with Crippen LogP contribution in [0, 0.1) is 0 Å². The first-order valence-corrected chi connectivity index (χ1v) is 6.51. The number of hydrogen-bond donors (Lipinski definition) is 2. The molecule has 1 aliphatic rings. The fraction of sp³-hybridized carbons (Fsp3) is 0.615. The Morgan fingerprint density at radius 2 is 2.16 bits per heavy atom. The molecular weight excluding hydrogens is 244 g/mol. The largest absolute Gasteiger partial charge is 0.477 e. The van der Waals surface area contributed by atoms with Gasteiger partial charge < -0.3 is 15.3 Å². The van der Waals surface area contributed by atoms with Crippen LogP contribution >= 0.6 is 0 Å². The molecule has 0 unspecified atom stereocenters. The Labute approximate surface area is 112 Å². The summed E-state index contributed by atoms with van der Waals surface area (Å²) in [5.74, 6) is -0.651. The second kappa shape index (κ2) is 5.52. The van der Waals surface area contributed by atoms with Crippen LogP contribution in [0.4, 0.5) is 5.95 Å². The quantitative estimate of drug-likeness (QED) is 0.838. The van der Waals surface area contributed by atoms with Crippen LogP contribution in [0.25, 0.3) is 0 Å². The molecule has 6 nitrogen and oxygen atoms in total. The van der Waals surface area contributed by atoms with Gasteiger partial charge in [0.25, 0.3) is 0 Å². The predicted molar refractivity (Wildman–Crippen MR) is 72.4 cm³/mol. The van der Waals surface area contributed by atoms with Crippen LogP contribution in [0.1, 0.15) is 36.2 Å². The molecule has 1 saturated carbocycles. The maximum Gasteiger partial charge on any atom is 0.354 e. The third-order valence-electron chi connectivity index (χ3n) is 3.93. The summed E-state index contributed by atoms with van der Waals surface area (Å²) in [6.45, 7) is 0.739. The molecule has 6 heteroatoms. The van der Waals surface area contributed by atoms with E-state index >= 15 is 0 Å². The van der Waals surface area contributed by atoms with Gasteiger partial charge in [0.1, 0.15) is 0 Å². The summed E-state index contributed by atoms with van der Waals surface area (Å²) in [7, 11) is 4.17. The van der Waals surface area contributed by atoms with Crippen molar-refractivity contribution < 1.29 is 9.90 Å². The SMILES string of the molecule is CN(C)C1(CNc2nccc(C(=O)O)n2)CCCC1. The third kappa shape index (κ3) is 3.01. The van der Waals surface area contributed by atoms with E-state index < -0.39 is 5.97 Å². The number of carboxylic acids is 1. The summed E-state index contributed by atoms with van der Waals surface area (Å²) in [6.07, 6.45) is 6.22. The third-order valence-corrected chi connectivity index (χ3v) is 3.93. The van der Waals surface area contributed by atoms with Crippen LogP contribution in [-0.4, -0.2) is 52.1 Å². The average Bonchev–Trinajstić information content (AvgIpc) is 2.87. The first-order chi connectivity index (χ1) is 9.03. The number of hydrogen-bond acceptors (Lipinski definition) is 5. The van der Waals surface area contributed by atoms with Crippen molar-refractivity contribution in [2.24, 2.45) is 0 Å². The summed E-state index contributed by atoms with van der Waals surface area (Å²) in [5, 5.41) is 12.1. The molecule has 0 bridgehead atoms. The first-order valence-electron chi connectivity index (χ1n) is 6.51. The molecule has 0 spiro atoms. The standard InChI is InChI=1S/C13H20N4O2/c1-17(2)13(6-3-4-7-13)9-15-12-14-8-5-10(16-12)11(18)19/h5,8H,3-4,6-7,9H2,1-2H3,(H,18,19)(H,14,15,16). The summed E-state index contributed by atoms with van der Waals surface area (Å²) >= 11 is 0. The van der Waals surface area contributed by atoms with E-state index in [0.717, 1.165) is 19.4 Å². The van der Waals surface area contributed by atoms with E-state index in [0.29, 0.717) is 5.95 Å². The summed E-state index contributed by atoms with van der Waals surface area (Å²) in [4.78, 5) is 21.2.